The zero-order chi connectivity index (χ0) is 34.4. The molecule has 0 saturated carbocycles. The van der Waals surface area contributed by atoms with Crippen molar-refractivity contribution in [2.75, 3.05) is 66.0 Å². The van der Waals surface area contributed by atoms with Crippen LogP contribution in [-0.2, 0) is 32.6 Å². The van der Waals surface area contributed by atoms with Crippen molar-refractivity contribution in [3.05, 3.63) is 0 Å². The summed E-state index contributed by atoms with van der Waals surface area (Å²) in [5.74, 6) is 0. The number of hydrogen-bond acceptors (Lipinski definition) is 8. The first-order chi connectivity index (χ1) is 22.1. The number of aliphatic hydroxyl groups excluding tert-OH is 1. The van der Waals surface area contributed by atoms with Crippen LogP contribution in [0.2, 0.25) is 0 Å². The Morgan fingerprint density at radius 2 is 1.02 bits per heavy atom. The quantitative estimate of drug-likeness (QED) is 0.0380. The van der Waals surface area contributed by atoms with Crippen LogP contribution in [0.15, 0.2) is 0 Å². The highest BCUT2D eigenvalue weighted by molar-refractivity contribution is 7.56. The van der Waals surface area contributed by atoms with Gasteiger partial charge in [-0.15, -0.1) is 0 Å². The van der Waals surface area contributed by atoms with E-state index in [2.05, 4.69) is 25.9 Å². The Bertz CT molecular complexity index is 754. The summed E-state index contributed by atoms with van der Waals surface area (Å²) in [7, 11) is -7.17. The van der Waals surface area contributed by atoms with E-state index < -0.39 is 26.9 Å². The molecule has 0 radical (unpaired) electrons. The number of unbranched alkanes of at least 4 members (excludes halogenated alkanes) is 8. The Morgan fingerprint density at radius 3 is 1.57 bits per heavy atom. The summed E-state index contributed by atoms with van der Waals surface area (Å²) in [6.07, 6.45) is 14.3. The van der Waals surface area contributed by atoms with E-state index in [4.69, 9.17) is 23.5 Å². The molecule has 11 nitrogen and oxygen atoms in total. The lowest BCUT2D eigenvalue weighted by atomic mass is 10.1. The molecule has 4 unspecified atom stereocenters. The topological polar surface area (TPSA) is 153 Å². The summed E-state index contributed by atoms with van der Waals surface area (Å²) in [5.41, 5.74) is -0.569. The Morgan fingerprint density at radius 1 is 0.565 bits per heavy atom. The molecule has 0 aliphatic carbocycles. The van der Waals surface area contributed by atoms with Crippen LogP contribution in [-0.4, -0.2) is 98.3 Å². The van der Waals surface area contributed by atoms with E-state index in [1.165, 1.54) is 6.42 Å². The third-order valence-electron chi connectivity index (χ3n) is 8.03. The highest BCUT2D eigenvalue weighted by Gasteiger charge is 2.31. The fraction of sp³-hybridized carbons (Fsp3) is 1.00. The minimum Gasteiger partial charge on any atom is -0.388 e. The molecule has 4 atom stereocenters. The van der Waals surface area contributed by atoms with Crippen LogP contribution in [0.3, 0.4) is 0 Å². The highest BCUT2D eigenvalue weighted by atomic mass is 31.2. The predicted molar refractivity (Wildman–Crippen MR) is 187 cm³/mol. The third-order valence-corrected chi connectivity index (χ3v) is 12.3. The summed E-state index contributed by atoms with van der Waals surface area (Å²) >= 11 is 0. The minimum atomic E-state index is -3.79. The first kappa shape index (κ1) is 46.1. The second-order valence-corrected chi connectivity index (χ2v) is 16.6. The van der Waals surface area contributed by atoms with E-state index in [0.29, 0.717) is 65.4 Å². The van der Waals surface area contributed by atoms with Gasteiger partial charge in [0.25, 0.3) is 7.52 Å². The van der Waals surface area contributed by atoms with E-state index in [-0.39, 0.29) is 25.5 Å². The zero-order valence-electron chi connectivity index (χ0n) is 29.7. The molecule has 0 aliphatic heterocycles. The van der Waals surface area contributed by atoms with E-state index >= 15 is 0 Å². The van der Waals surface area contributed by atoms with Crippen LogP contribution >= 0.6 is 15.1 Å². The van der Waals surface area contributed by atoms with E-state index in [1.807, 2.05) is 6.92 Å². The van der Waals surface area contributed by atoms with Gasteiger partial charge in [0.1, 0.15) is 6.10 Å². The molecule has 13 heteroatoms. The number of ether oxygens (including phenoxy) is 4. The molecule has 0 amide bonds. The van der Waals surface area contributed by atoms with E-state index in [1.54, 1.807) is 0 Å². The van der Waals surface area contributed by atoms with E-state index in [0.717, 1.165) is 77.0 Å². The smallest absolute Gasteiger partial charge is 0.331 e. The third kappa shape index (κ3) is 26.0. The average Bonchev–Trinajstić information content (AvgIpc) is 3.02. The van der Waals surface area contributed by atoms with Gasteiger partial charge in [-0.1, -0.05) is 98.3 Å². The van der Waals surface area contributed by atoms with Crippen LogP contribution in [0.1, 0.15) is 130 Å². The van der Waals surface area contributed by atoms with Crippen molar-refractivity contribution < 1.29 is 47.5 Å². The molecule has 4 N–H and O–H groups in total. The number of hydrogen-bond donors (Lipinski definition) is 4. The van der Waals surface area contributed by atoms with Crippen LogP contribution in [0.25, 0.3) is 0 Å². The maximum atomic E-state index is 12.9. The minimum absolute atomic E-state index is 0.00508. The van der Waals surface area contributed by atoms with Crippen molar-refractivity contribution in [2.45, 2.75) is 148 Å². The lowest BCUT2D eigenvalue weighted by molar-refractivity contribution is -0.0252. The molecule has 0 aliphatic rings. The Hall–Kier alpha value is 0.1000. The number of aliphatic hydroxyl groups is 1. The Kier molecular flexibility index (Phi) is 31.2. The number of rotatable bonds is 36. The Labute approximate surface area is 281 Å². The fourth-order valence-electron chi connectivity index (χ4n) is 5.10. The monoisotopic (exact) mass is 703 g/mol. The number of nitrogens with one attached hydrogen (secondary N) is 1. The van der Waals surface area contributed by atoms with Gasteiger partial charge in [-0.25, -0.2) is 5.09 Å². The molecule has 0 saturated heterocycles. The maximum Gasteiger partial charge on any atom is 0.331 e. The van der Waals surface area contributed by atoms with Crippen molar-refractivity contribution in [1.82, 2.24) is 5.09 Å². The lowest BCUT2D eigenvalue weighted by Gasteiger charge is -2.24. The van der Waals surface area contributed by atoms with Gasteiger partial charge in [0.15, 0.2) is 0 Å². The summed E-state index contributed by atoms with van der Waals surface area (Å²) in [5, 5.41) is 13.0. The molecule has 0 aromatic carbocycles. The second-order valence-electron chi connectivity index (χ2n) is 12.2. The van der Waals surface area contributed by atoms with Crippen molar-refractivity contribution in [3.63, 3.8) is 0 Å². The molecule has 0 spiro atoms. The van der Waals surface area contributed by atoms with Gasteiger partial charge in [0.2, 0.25) is 0 Å². The fourth-order valence-corrected chi connectivity index (χ4v) is 8.47. The van der Waals surface area contributed by atoms with Gasteiger partial charge < -0.3 is 38.4 Å². The standard InChI is InChI=1S/C33H71NO10P2/c1-5-9-12-13-16-18-32(8-4)46(38,39)44-30-31(35)29-43-28-27-42-26-25-41-24-23-40-22-17-21-34-45(36,37)33(19-14-10-6-2)20-15-11-7-3/h31-33,35H,5-30H2,1-4H3,(H,38,39)(H2,34,36,37). The van der Waals surface area contributed by atoms with Gasteiger partial charge in [-0.05, 0) is 32.1 Å². The van der Waals surface area contributed by atoms with Crippen LogP contribution in [0.5, 0.6) is 0 Å². The molecule has 0 rings (SSSR count). The molecule has 0 aromatic rings. The molecule has 0 heterocycles. The van der Waals surface area contributed by atoms with Crippen molar-refractivity contribution in [1.29, 1.82) is 0 Å². The first-order valence-corrected chi connectivity index (χ1v) is 21.6. The van der Waals surface area contributed by atoms with Gasteiger partial charge >= 0.3 is 7.60 Å². The van der Waals surface area contributed by atoms with Crippen molar-refractivity contribution in [3.8, 4) is 0 Å². The molecule has 46 heavy (non-hydrogen) atoms. The molecule has 0 bridgehead atoms. The summed E-state index contributed by atoms with van der Waals surface area (Å²) in [6.45, 7) is 11.3. The summed E-state index contributed by atoms with van der Waals surface area (Å²) in [4.78, 5) is 21.0. The summed E-state index contributed by atoms with van der Waals surface area (Å²) in [6, 6.07) is 0. The highest BCUT2D eigenvalue weighted by Crippen LogP contribution is 2.51. The zero-order valence-corrected chi connectivity index (χ0v) is 31.5. The van der Waals surface area contributed by atoms with Gasteiger partial charge in [-0.3, -0.25) is 9.13 Å². The van der Waals surface area contributed by atoms with Gasteiger partial charge in [-0.2, -0.15) is 0 Å². The lowest BCUT2D eigenvalue weighted by Crippen LogP contribution is -2.24. The molecule has 278 valence electrons. The SMILES string of the molecule is CCCCCCCC(CC)P(=O)(O)OCC(O)COCCOCCOCCOCCCNP(=O)(O)C(CCCCC)CCCCC. The van der Waals surface area contributed by atoms with Crippen LogP contribution < -0.4 is 5.09 Å². The average molecular weight is 704 g/mol. The van der Waals surface area contributed by atoms with Gasteiger partial charge in [0.05, 0.1) is 58.5 Å². The first-order valence-electron chi connectivity index (χ1n) is 18.2. The van der Waals surface area contributed by atoms with Gasteiger partial charge in [0, 0.05) is 18.8 Å². The van der Waals surface area contributed by atoms with Crippen molar-refractivity contribution in [2.24, 2.45) is 0 Å². The predicted octanol–water partition coefficient (Wildman–Crippen LogP) is 7.45. The summed E-state index contributed by atoms with van der Waals surface area (Å²) < 4.78 is 52.7. The molecule has 0 fully saturated rings. The molecular weight excluding hydrogens is 632 g/mol. The Balaban J connectivity index is 3.79. The maximum absolute atomic E-state index is 12.9. The van der Waals surface area contributed by atoms with Crippen molar-refractivity contribution >= 4 is 15.1 Å². The van der Waals surface area contributed by atoms with E-state index in [9.17, 15) is 24.0 Å². The molecule has 0 aromatic heterocycles. The second kappa shape index (κ2) is 31.1. The normalized spacial score (nSPS) is 16.0. The van der Waals surface area contributed by atoms with Crippen LogP contribution in [0.4, 0.5) is 0 Å². The molecular formula is C33H71NO10P2. The largest absolute Gasteiger partial charge is 0.388 e. The van der Waals surface area contributed by atoms with Crippen LogP contribution in [0, 0.1) is 0 Å².